The van der Waals surface area contributed by atoms with Crippen LogP contribution in [0.2, 0.25) is 0 Å². The highest BCUT2D eigenvalue weighted by Crippen LogP contribution is 2.03. The van der Waals surface area contributed by atoms with Gasteiger partial charge in [0.15, 0.2) is 0 Å². The van der Waals surface area contributed by atoms with Gasteiger partial charge in [0.1, 0.15) is 0 Å². The van der Waals surface area contributed by atoms with Crippen LogP contribution in [0.3, 0.4) is 0 Å². The van der Waals surface area contributed by atoms with Gasteiger partial charge in [0.05, 0.1) is 17.6 Å². The van der Waals surface area contributed by atoms with Gasteiger partial charge in [-0.15, -0.1) is 5.14 Å². The van der Waals surface area contributed by atoms with Crippen molar-refractivity contribution in [2.75, 3.05) is 0 Å². The van der Waals surface area contributed by atoms with Crippen molar-refractivity contribution in [3.63, 3.8) is 0 Å². The van der Waals surface area contributed by atoms with E-state index in [1.54, 1.807) is 0 Å². The van der Waals surface area contributed by atoms with E-state index in [1.807, 2.05) is 0 Å². The van der Waals surface area contributed by atoms with Crippen LogP contribution in [0.15, 0.2) is 15.8 Å². The monoisotopic (exact) mass is 201 g/mol. The summed E-state index contributed by atoms with van der Waals surface area (Å²) in [5, 5.41) is 3.82. The summed E-state index contributed by atoms with van der Waals surface area (Å²) in [6.07, 6.45) is 0.171. The summed E-state index contributed by atoms with van der Waals surface area (Å²) >= 11 is -2.21. The van der Waals surface area contributed by atoms with Crippen LogP contribution in [0.5, 0.6) is 0 Å². The van der Waals surface area contributed by atoms with Crippen LogP contribution in [0.4, 0.5) is 13.2 Å². The summed E-state index contributed by atoms with van der Waals surface area (Å²) in [5.74, 6) is -1.32. The zero-order valence-electron chi connectivity index (χ0n) is 5.71. The molecule has 0 fully saturated rings. The number of hydrogen-bond acceptors (Lipinski definition) is 4. The molecule has 0 spiro atoms. The van der Waals surface area contributed by atoms with E-state index in [0.29, 0.717) is 0 Å². The summed E-state index contributed by atoms with van der Waals surface area (Å²) in [6.45, 7) is -3.03. The number of halogens is 3. The van der Waals surface area contributed by atoms with Gasteiger partial charge in [-0.2, -0.15) is 13.2 Å². The fraction of sp³-hybridized carbons (Fsp3) is 0.250. The highest BCUT2D eigenvalue weighted by molar-refractivity contribution is 7.93. The minimum absolute atomic E-state index is 0.171. The molecule has 0 aromatic carbocycles. The second kappa shape index (κ2) is 5.01. The number of nitrogens with zero attached hydrogens (tertiary/aromatic N) is 1. The first-order valence-corrected chi connectivity index (χ1v) is 3.79. The fourth-order valence-electron chi connectivity index (χ4n) is 0.282. The van der Waals surface area contributed by atoms with Gasteiger partial charge in [-0.05, 0) is 0 Å². The van der Waals surface area contributed by atoms with E-state index < -0.39 is 28.8 Å². The third kappa shape index (κ3) is 4.21. The molecular weight excluding hydrogens is 195 g/mol. The predicted octanol–water partition coefficient (Wildman–Crippen LogP) is -0.000500. The summed E-state index contributed by atoms with van der Waals surface area (Å²) in [7, 11) is 0. The summed E-state index contributed by atoms with van der Waals surface area (Å²) in [6, 6.07) is 0. The Labute approximate surface area is 69.4 Å². The smallest absolute Gasteiger partial charge is 0.331 e. The highest BCUT2D eigenvalue weighted by Gasteiger charge is 2.11. The molecule has 1 atom stereocenters. The molecule has 12 heavy (non-hydrogen) atoms. The van der Waals surface area contributed by atoms with E-state index >= 15 is 0 Å². The predicted molar refractivity (Wildman–Crippen MR) is 39.1 cm³/mol. The molecule has 0 aromatic rings. The lowest BCUT2D eigenvalue weighted by molar-refractivity contribution is 0.160. The van der Waals surface area contributed by atoms with Crippen molar-refractivity contribution in [3.8, 4) is 0 Å². The number of allylic oxidation sites excluding steroid dienone is 1. The maximum absolute atomic E-state index is 12.4. The molecule has 0 rings (SSSR count). The Kier molecular flexibility index (Phi) is 4.71. The third-order valence-corrected chi connectivity index (χ3v) is 1.38. The van der Waals surface area contributed by atoms with Gasteiger partial charge in [-0.1, -0.05) is 0 Å². The van der Waals surface area contributed by atoms with Gasteiger partial charge in [0, 0.05) is 0 Å². The molecule has 0 aliphatic carbocycles. The van der Waals surface area contributed by atoms with Crippen molar-refractivity contribution in [1.29, 1.82) is 0 Å². The molecule has 0 saturated carbocycles. The Morgan fingerprint density at radius 1 is 1.58 bits per heavy atom. The SMILES string of the molecule is NC(=C(F)C=NC(F)F)[S+](N)[O-]. The topological polar surface area (TPSA) is 87.5 Å². The van der Waals surface area contributed by atoms with Gasteiger partial charge < -0.3 is 10.3 Å². The minimum atomic E-state index is -3.03. The van der Waals surface area contributed by atoms with Gasteiger partial charge in [-0.3, -0.25) is 0 Å². The summed E-state index contributed by atoms with van der Waals surface area (Å²) in [4.78, 5) is 2.37. The van der Waals surface area contributed by atoms with E-state index in [2.05, 4.69) is 10.1 Å². The van der Waals surface area contributed by atoms with Crippen LogP contribution in [0.25, 0.3) is 0 Å². The molecule has 0 aliphatic heterocycles. The van der Waals surface area contributed by atoms with Crippen molar-refractivity contribution in [1.82, 2.24) is 0 Å². The van der Waals surface area contributed by atoms with Crippen molar-refractivity contribution in [2.45, 2.75) is 6.55 Å². The average molecular weight is 201 g/mol. The second-order valence-electron chi connectivity index (χ2n) is 1.57. The lowest BCUT2D eigenvalue weighted by Crippen LogP contribution is -2.22. The number of alkyl halides is 2. The molecular formula is C4H6F3N3OS. The maximum atomic E-state index is 12.4. The Bertz CT molecular complexity index is 206. The van der Waals surface area contributed by atoms with Gasteiger partial charge in [-0.25, -0.2) is 4.99 Å². The number of rotatable bonds is 3. The minimum Gasteiger partial charge on any atom is -0.592 e. The molecule has 4 N–H and O–H groups in total. The molecule has 0 heterocycles. The molecule has 0 bridgehead atoms. The van der Waals surface area contributed by atoms with Crippen LogP contribution < -0.4 is 10.9 Å². The molecule has 0 saturated heterocycles. The Hall–Kier alpha value is -0.730. The second-order valence-corrected chi connectivity index (χ2v) is 2.60. The highest BCUT2D eigenvalue weighted by atomic mass is 32.2. The lowest BCUT2D eigenvalue weighted by Gasteiger charge is -2.00. The first-order valence-electron chi connectivity index (χ1n) is 2.58. The number of aliphatic imine (C=N–C) groups is 1. The normalized spacial score (nSPS) is 16.8. The van der Waals surface area contributed by atoms with E-state index in [4.69, 9.17) is 5.73 Å². The Balaban J connectivity index is 4.36. The van der Waals surface area contributed by atoms with E-state index in [0.717, 1.165) is 0 Å². The first kappa shape index (κ1) is 11.3. The molecule has 1 unspecified atom stereocenters. The van der Waals surface area contributed by atoms with Crippen LogP contribution in [0.1, 0.15) is 0 Å². The van der Waals surface area contributed by atoms with E-state index in [-0.39, 0.29) is 6.21 Å². The Morgan fingerprint density at radius 2 is 2.08 bits per heavy atom. The molecule has 0 amide bonds. The van der Waals surface area contributed by atoms with Crippen LogP contribution in [0, 0.1) is 0 Å². The van der Waals surface area contributed by atoms with Crippen LogP contribution >= 0.6 is 0 Å². The molecule has 0 radical (unpaired) electrons. The fourth-order valence-corrected chi connectivity index (χ4v) is 0.526. The average Bonchev–Trinajstić information content (AvgIpc) is 1.98. The standard InChI is InChI=1S/C4H6F3N3OS/c5-2(1-10-4(6)7)3(8)12(9)11/h1,4H,8-9H2. The van der Waals surface area contributed by atoms with Crippen molar-refractivity contribution >= 4 is 17.6 Å². The molecule has 0 aromatic heterocycles. The zero-order valence-corrected chi connectivity index (χ0v) is 6.52. The van der Waals surface area contributed by atoms with Crippen molar-refractivity contribution in [3.05, 3.63) is 10.9 Å². The summed E-state index contributed by atoms with van der Waals surface area (Å²) in [5.41, 5.74) is 4.79. The quantitative estimate of drug-likeness (QED) is 0.382. The third-order valence-electron chi connectivity index (χ3n) is 0.753. The number of hydrogen-bond donors (Lipinski definition) is 2. The van der Waals surface area contributed by atoms with E-state index in [1.165, 1.54) is 0 Å². The zero-order chi connectivity index (χ0) is 9.72. The van der Waals surface area contributed by atoms with Crippen LogP contribution in [-0.4, -0.2) is 17.3 Å². The maximum Gasteiger partial charge on any atom is 0.331 e. The van der Waals surface area contributed by atoms with Crippen LogP contribution in [-0.2, 0) is 11.4 Å². The molecule has 8 heteroatoms. The van der Waals surface area contributed by atoms with Gasteiger partial charge in [0.25, 0.3) is 5.03 Å². The number of nitrogens with two attached hydrogens (primary N) is 2. The van der Waals surface area contributed by atoms with Gasteiger partial charge >= 0.3 is 6.55 Å². The summed E-state index contributed by atoms with van der Waals surface area (Å²) < 4.78 is 45.3. The molecule has 4 nitrogen and oxygen atoms in total. The largest absolute Gasteiger partial charge is 0.592 e. The Morgan fingerprint density at radius 3 is 2.42 bits per heavy atom. The molecule has 70 valence electrons. The first-order chi connectivity index (χ1) is 5.45. The lowest BCUT2D eigenvalue weighted by atomic mass is 10.6. The van der Waals surface area contributed by atoms with Crippen molar-refractivity contribution in [2.24, 2.45) is 15.9 Å². The molecule has 0 aliphatic rings. The van der Waals surface area contributed by atoms with Crippen molar-refractivity contribution < 1.29 is 17.7 Å². The van der Waals surface area contributed by atoms with E-state index in [9.17, 15) is 17.7 Å². The van der Waals surface area contributed by atoms with Gasteiger partial charge in [0.2, 0.25) is 5.83 Å².